The lowest BCUT2D eigenvalue weighted by molar-refractivity contribution is 0.0535. The van der Waals surface area contributed by atoms with Crippen LogP contribution in [0.1, 0.15) is 32.0 Å². The molecule has 4 heteroatoms. The van der Waals surface area contributed by atoms with Crippen molar-refractivity contribution in [1.82, 2.24) is 4.98 Å². The molecule has 2 aromatic rings. The third-order valence-electron chi connectivity index (χ3n) is 3.07. The van der Waals surface area contributed by atoms with Crippen LogP contribution in [0.25, 0.3) is 0 Å². The van der Waals surface area contributed by atoms with E-state index in [4.69, 9.17) is 4.74 Å². The van der Waals surface area contributed by atoms with E-state index in [0.717, 1.165) is 11.3 Å². The van der Waals surface area contributed by atoms with Crippen molar-refractivity contribution < 1.29 is 14.3 Å². The summed E-state index contributed by atoms with van der Waals surface area (Å²) in [5.74, 6) is -0.334. The first-order chi connectivity index (χ1) is 9.24. The summed E-state index contributed by atoms with van der Waals surface area (Å²) in [7, 11) is 0. The number of aromatic nitrogens is 1. The summed E-state index contributed by atoms with van der Waals surface area (Å²) in [6.07, 6.45) is 1.92. The van der Waals surface area contributed by atoms with Gasteiger partial charge in [-0.05, 0) is 24.3 Å². The van der Waals surface area contributed by atoms with Crippen molar-refractivity contribution in [2.24, 2.45) is 0 Å². The van der Waals surface area contributed by atoms with Crippen LogP contribution in [0.2, 0.25) is 0 Å². The van der Waals surface area contributed by atoms with Crippen LogP contribution in [0.4, 0.5) is 0 Å². The quantitative estimate of drug-likeness (QED) is 0.621. The fraction of sp³-hybridized carbons (Fsp3) is 0.133. The summed E-state index contributed by atoms with van der Waals surface area (Å²) in [5.41, 5.74) is 2.65. The van der Waals surface area contributed by atoms with E-state index >= 15 is 0 Å². The van der Waals surface area contributed by atoms with Gasteiger partial charge in [0.1, 0.15) is 6.61 Å². The summed E-state index contributed by atoms with van der Waals surface area (Å²) in [6, 6.07) is 10.5. The lowest BCUT2D eigenvalue weighted by Gasteiger charge is -2.02. The molecule has 0 radical (unpaired) electrons. The zero-order valence-electron chi connectivity index (χ0n) is 10.1. The summed E-state index contributed by atoms with van der Waals surface area (Å²) in [5, 5.41) is 0. The average molecular weight is 253 g/mol. The molecule has 2 heterocycles. The van der Waals surface area contributed by atoms with Crippen molar-refractivity contribution in [2.45, 2.75) is 13.0 Å². The number of benzene rings is 1. The molecule has 0 unspecified atom stereocenters. The Morgan fingerprint density at radius 2 is 2.16 bits per heavy atom. The Bertz CT molecular complexity index is 650. The first-order valence-electron chi connectivity index (χ1n) is 5.97. The number of cyclic esters (lactones) is 1. The second kappa shape index (κ2) is 4.65. The van der Waals surface area contributed by atoms with Gasteiger partial charge in [-0.2, -0.15) is 0 Å². The maximum atomic E-state index is 12.1. The molecule has 0 aliphatic carbocycles. The molecule has 0 amide bonds. The average Bonchev–Trinajstić information content (AvgIpc) is 2.81. The van der Waals surface area contributed by atoms with Gasteiger partial charge in [-0.1, -0.05) is 12.1 Å². The molecule has 0 atom stereocenters. The van der Waals surface area contributed by atoms with Crippen LogP contribution in [0.5, 0.6) is 0 Å². The summed E-state index contributed by atoms with van der Waals surface area (Å²) in [6.45, 7) is 0.249. The Kier molecular flexibility index (Phi) is 2.83. The molecule has 0 bridgehead atoms. The predicted molar refractivity (Wildman–Crippen MR) is 67.8 cm³/mol. The number of carbonyl (C=O) groups is 2. The molecule has 1 aromatic carbocycles. The first-order valence-corrected chi connectivity index (χ1v) is 5.97. The Labute approximate surface area is 110 Å². The summed E-state index contributed by atoms with van der Waals surface area (Å²) in [4.78, 5) is 27.6. The van der Waals surface area contributed by atoms with Gasteiger partial charge in [-0.25, -0.2) is 4.79 Å². The number of rotatable bonds is 3. The zero-order valence-corrected chi connectivity index (χ0v) is 10.1. The number of fused-ring (bicyclic) bond motifs is 1. The lowest BCUT2D eigenvalue weighted by Crippen LogP contribution is -2.05. The molecule has 1 aromatic heterocycles. The van der Waals surface area contributed by atoms with Crippen LogP contribution in [0.15, 0.2) is 42.6 Å². The molecule has 1 aliphatic rings. The van der Waals surface area contributed by atoms with E-state index in [0.29, 0.717) is 11.1 Å². The molecule has 19 heavy (non-hydrogen) atoms. The monoisotopic (exact) mass is 253 g/mol. The van der Waals surface area contributed by atoms with E-state index in [2.05, 4.69) is 4.98 Å². The highest BCUT2D eigenvalue weighted by Gasteiger charge is 2.22. The van der Waals surface area contributed by atoms with Crippen molar-refractivity contribution in [3.63, 3.8) is 0 Å². The number of Topliss-reactive ketones (excluding diaryl/α,β-unsaturated/α-hetero) is 1. The van der Waals surface area contributed by atoms with E-state index in [-0.39, 0.29) is 24.8 Å². The van der Waals surface area contributed by atoms with Gasteiger partial charge in [0, 0.05) is 23.0 Å². The maximum absolute atomic E-state index is 12.1. The van der Waals surface area contributed by atoms with Crippen LogP contribution in [-0.2, 0) is 17.8 Å². The topological polar surface area (TPSA) is 56.3 Å². The number of pyridine rings is 1. The van der Waals surface area contributed by atoms with Crippen molar-refractivity contribution in [1.29, 1.82) is 0 Å². The fourth-order valence-corrected chi connectivity index (χ4v) is 2.08. The minimum atomic E-state index is -0.321. The molecule has 0 saturated heterocycles. The van der Waals surface area contributed by atoms with E-state index in [9.17, 15) is 9.59 Å². The maximum Gasteiger partial charge on any atom is 0.338 e. The van der Waals surface area contributed by atoms with Gasteiger partial charge in [0.15, 0.2) is 5.78 Å². The summed E-state index contributed by atoms with van der Waals surface area (Å²) >= 11 is 0. The van der Waals surface area contributed by atoms with Crippen LogP contribution < -0.4 is 0 Å². The second-order valence-electron chi connectivity index (χ2n) is 4.37. The molecule has 0 saturated carbocycles. The Morgan fingerprint density at radius 1 is 1.26 bits per heavy atom. The second-order valence-corrected chi connectivity index (χ2v) is 4.37. The molecule has 0 fully saturated rings. The molecule has 1 aliphatic heterocycles. The van der Waals surface area contributed by atoms with Gasteiger partial charge in [-0.15, -0.1) is 0 Å². The number of carbonyl (C=O) groups excluding carboxylic acids is 2. The predicted octanol–water partition coefficient (Wildman–Crippen LogP) is 2.18. The minimum absolute atomic E-state index is 0.0131. The number of ketones is 1. The molecule has 3 rings (SSSR count). The van der Waals surface area contributed by atoms with Gasteiger partial charge in [0.05, 0.1) is 12.0 Å². The van der Waals surface area contributed by atoms with Gasteiger partial charge in [0.25, 0.3) is 0 Å². The lowest BCUT2D eigenvalue weighted by atomic mass is 10.0. The van der Waals surface area contributed by atoms with Crippen molar-refractivity contribution in [2.75, 3.05) is 0 Å². The van der Waals surface area contributed by atoms with Gasteiger partial charge in [-0.3, -0.25) is 9.78 Å². The zero-order chi connectivity index (χ0) is 13.2. The van der Waals surface area contributed by atoms with E-state index in [1.165, 1.54) is 0 Å². The molecular weight excluding hydrogens is 242 g/mol. The number of hydrogen-bond donors (Lipinski definition) is 0. The largest absolute Gasteiger partial charge is 0.457 e. The highest BCUT2D eigenvalue weighted by Crippen LogP contribution is 2.21. The van der Waals surface area contributed by atoms with E-state index < -0.39 is 0 Å². The summed E-state index contributed by atoms with van der Waals surface area (Å²) < 4.78 is 4.91. The van der Waals surface area contributed by atoms with E-state index in [1.54, 1.807) is 24.4 Å². The first kappa shape index (κ1) is 11.6. The highest BCUT2D eigenvalue weighted by molar-refractivity contribution is 6.00. The number of hydrogen-bond acceptors (Lipinski definition) is 4. The van der Waals surface area contributed by atoms with Gasteiger partial charge < -0.3 is 4.74 Å². The fourth-order valence-electron chi connectivity index (χ4n) is 2.08. The molecular formula is C15H11NO3. The van der Waals surface area contributed by atoms with Crippen molar-refractivity contribution in [3.05, 3.63) is 65.0 Å². The van der Waals surface area contributed by atoms with Crippen LogP contribution in [0.3, 0.4) is 0 Å². The molecule has 94 valence electrons. The molecule has 0 N–H and O–H groups in total. The van der Waals surface area contributed by atoms with Crippen LogP contribution in [-0.4, -0.2) is 16.7 Å². The van der Waals surface area contributed by atoms with E-state index in [1.807, 2.05) is 18.2 Å². The Balaban J connectivity index is 1.83. The molecule has 4 nitrogen and oxygen atoms in total. The van der Waals surface area contributed by atoms with Crippen molar-refractivity contribution in [3.8, 4) is 0 Å². The van der Waals surface area contributed by atoms with Crippen molar-refractivity contribution >= 4 is 11.8 Å². The standard InChI is InChI=1S/C15H11NO3/c17-14(8-12-3-1-2-6-16-12)10-4-5-13-11(7-10)9-19-15(13)18/h1-7H,8-9H2. The number of ether oxygens (including phenoxy) is 1. The Morgan fingerprint density at radius 3 is 2.95 bits per heavy atom. The Hall–Kier alpha value is -2.49. The van der Waals surface area contributed by atoms with Crippen LogP contribution in [0, 0.1) is 0 Å². The van der Waals surface area contributed by atoms with Gasteiger partial charge >= 0.3 is 5.97 Å². The SMILES string of the molecule is O=C(Cc1ccccn1)c1ccc2c(c1)COC2=O. The molecule has 0 spiro atoms. The number of esters is 1. The number of nitrogens with zero attached hydrogens (tertiary/aromatic N) is 1. The van der Waals surface area contributed by atoms with Crippen LogP contribution >= 0.6 is 0 Å². The third kappa shape index (κ3) is 2.25. The van der Waals surface area contributed by atoms with Gasteiger partial charge in [0.2, 0.25) is 0 Å². The smallest absolute Gasteiger partial charge is 0.338 e. The normalized spacial score (nSPS) is 12.9. The third-order valence-corrected chi connectivity index (χ3v) is 3.07. The minimum Gasteiger partial charge on any atom is -0.457 e. The highest BCUT2D eigenvalue weighted by atomic mass is 16.5.